The van der Waals surface area contributed by atoms with E-state index >= 15 is 0 Å². The quantitative estimate of drug-likeness (QED) is 0.420. The summed E-state index contributed by atoms with van der Waals surface area (Å²) in [6.07, 6.45) is 0.967. The van der Waals surface area contributed by atoms with Gasteiger partial charge >= 0.3 is 0 Å². The second-order valence-corrected chi connectivity index (χ2v) is 11.8. The number of hydrogen-bond donors (Lipinski definition) is 1. The van der Waals surface area contributed by atoms with E-state index in [0.717, 1.165) is 10.6 Å². The lowest BCUT2D eigenvalue weighted by atomic mass is 10.1. The summed E-state index contributed by atoms with van der Waals surface area (Å²) < 4.78 is 31.7. The highest BCUT2D eigenvalue weighted by Gasteiger charge is 2.32. The third-order valence-electron chi connectivity index (χ3n) is 5.33. The van der Waals surface area contributed by atoms with Gasteiger partial charge in [-0.15, -0.1) is 0 Å². The van der Waals surface area contributed by atoms with Crippen molar-refractivity contribution in [3.63, 3.8) is 0 Å². The van der Waals surface area contributed by atoms with Gasteiger partial charge in [0.25, 0.3) is 0 Å². The molecular formula is C24H30Cl3N3O5S. The van der Waals surface area contributed by atoms with Crippen LogP contribution in [0.5, 0.6) is 5.75 Å². The highest BCUT2D eigenvalue weighted by atomic mass is 35.5. The number of carbonyl (C=O) groups excluding carboxylic acids is 2. The summed E-state index contributed by atoms with van der Waals surface area (Å²) in [5.74, 6) is -0.641. The number of amides is 2. The first-order chi connectivity index (χ1) is 16.8. The smallest absolute Gasteiger partial charge is 0.244 e. The van der Waals surface area contributed by atoms with E-state index in [9.17, 15) is 18.0 Å². The molecule has 1 N–H and O–H groups in total. The molecule has 0 aliphatic rings. The van der Waals surface area contributed by atoms with Gasteiger partial charge in [-0.2, -0.15) is 0 Å². The molecule has 0 heterocycles. The van der Waals surface area contributed by atoms with Crippen molar-refractivity contribution in [3.8, 4) is 5.75 Å². The summed E-state index contributed by atoms with van der Waals surface area (Å²) in [6.45, 7) is 5.13. The number of hydrogen-bond acceptors (Lipinski definition) is 5. The summed E-state index contributed by atoms with van der Waals surface area (Å²) in [7, 11) is -2.58. The Morgan fingerprint density at radius 1 is 1.06 bits per heavy atom. The zero-order valence-electron chi connectivity index (χ0n) is 20.7. The topological polar surface area (TPSA) is 96.0 Å². The number of methoxy groups -OCH3 is 1. The second-order valence-electron chi connectivity index (χ2n) is 8.62. The van der Waals surface area contributed by atoms with Gasteiger partial charge in [-0.3, -0.25) is 13.9 Å². The van der Waals surface area contributed by atoms with Crippen LogP contribution in [0, 0.1) is 5.92 Å². The Balaban J connectivity index is 2.50. The average molecular weight is 579 g/mol. The molecule has 8 nitrogen and oxygen atoms in total. The first kappa shape index (κ1) is 30.0. The van der Waals surface area contributed by atoms with Crippen molar-refractivity contribution in [2.45, 2.75) is 33.4 Å². The van der Waals surface area contributed by atoms with Crippen LogP contribution < -0.4 is 14.4 Å². The molecule has 2 amide bonds. The Morgan fingerprint density at radius 2 is 1.67 bits per heavy atom. The van der Waals surface area contributed by atoms with E-state index in [-0.39, 0.29) is 28.9 Å². The van der Waals surface area contributed by atoms with Crippen molar-refractivity contribution in [2.75, 3.05) is 30.8 Å². The summed E-state index contributed by atoms with van der Waals surface area (Å²) in [6, 6.07) is 8.39. The number of halogens is 3. The molecule has 2 rings (SSSR count). The molecule has 0 spiro atoms. The van der Waals surface area contributed by atoms with Crippen LogP contribution in [0.25, 0.3) is 0 Å². The second kappa shape index (κ2) is 12.9. The Labute approximate surface area is 227 Å². The molecule has 198 valence electrons. The Hall–Kier alpha value is -2.20. The fourth-order valence-electron chi connectivity index (χ4n) is 3.34. The molecule has 36 heavy (non-hydrogen) atoms. The summed E-state index contributed by atoms with van der Waals surface area (Å²) >= 11 is 18.8. The molecular weight excluding hydrogens is 549 g/mol. The number of nitrogens with one attached hydrogen (secondary N) is 1. The first-order valence-corrected chi connectivity index (χ1v) is 14.1. The number of carbonyl (C=O) groups is 2. The van der Waals surface area contributed by atoms with Gasteiger partial charge in [-0.1, -0.05) is 54.7 Å². The summed E-state index contributed by atoms with van der Waals surface area (Å²) in [4.78, 5) is 27.8. The first-order valence-electron chi connectivity index (χ1n) is 11.1. The van der Waals surface area contributed by atoms with Crippen LogP contribution in [0.3, 0.4) is 0 Å². The van der Waals surface area contributed by atoms with Gasteiger partial charge < -0.3 is 15.0 Å². The fraction of sp³-hybridized carbons (Fsp3) is 0.417. The lowest BCUT2D eigenvalue weighted by Gasteiger charge is -2.32. The summed E-state index contributed by atoms with van der Waals surface area (Å²) in [5, 5.41) is 3.69. The Bertz CT molecular complexity index is 1190. The van der Waals surface area contributed by atoms with Crippen LogP contribution in [-0.2, 0) is 26.2 Å². The number of ether oxygens (including phenoxy) is 1. The fourth-order valence-corrected chi connectivity index (χ4v) is 4.87. The largest absolute Gasteiger partial charge is 0.495 e. The molecule has 0 aliphatic carbocycles. The SMILES string of the molecule is COc1ccc(Cl)cc1N(CC(=O)N(Cc1c(Cl)cccc1Cl)C(C)C(=O)NCC(C)C)S(C)(=O)=O. The minimum Gasteiger partial charge on any atom is -0.495 e. The van der Waals surface area contributed by atoms with E-state index in [4.69, 9.17) is 39.5 Å². The van der Waals surface area contributed by atoms with E-state index < -0.39 is 34.4 Å². The lowest BCUT2D eigenvalue weighted by Crippen LogP contribution is -2.51. The molecule has 0 saturated heterocycles. The third-order valence-corrected chi connectivity index (χ3v) is 7.40. The number of anilines is 1. The standard InChI is InChI=1S/C24H30Cl3N3O5S/c1-15(2)12-28-24(32)16(3)29(13-18-19(26)7-6-8-20(18)27)23(31)14-30(36(5,33)34)21-11-17(25)9-10-22(21)35-4/h6-11,15-16H,12-14H2,1-5H3,(H,28,32). The molecule has 2 aromatic carbocycles. The van der Waals surface area contributed by atoms with Crippen LogP contribution in [0.2, 0.25) is 15.1 Å². The van der Waals surface area contributed by atoms with E-state index in [1.807, 2.05) is 13.8 Å². The zero-order valence-corrected chi connectivity index (χ0v) is 23.8. The monoisotopic (exact) mass is 577 g/mol. The highest BCUT2D eigenvalue weighted by Crippen LogP contribution is 2.33. The van der Waals surface area contributed by atoms with Crippen molar-refractivity contribution >= 4 is 62.3 Å². The van der Waals surface area contributed by atoms with E-state index in [1.165, 1.54) is 24.1 Å². The number of rotatable bonds is 11. The van der Waals surface area contributed by atoms with Crippen LogP contribution in [-0.4, -0.2) is 57.6 Å². The zero-order chi connectivity index (χ0) is 27.2. The molecule has 2 aromatic rings. The average Bonchev–Trinajstić information content (AvgIpc) is 2.79. The third kappa shape index (κ3) is 7.90. The van der Waals surface area contributed by atoms with Gasteiger partial charge in [0.2, 0.25) is 21.8 Å². The molecule has 1 unspecified atom stereocenters. The minimum atomic E-state index is -3.96. The number of benzene rings is 2. The van der Waals surface area contributed by atoms with Crippen LogP contribution in [0.15, 0.2) is 36.4 Å². The Morgan fingerprint density at radius 3 is 2.19 bits per heavy atom. The van der Waals surface area contributed by atoms with Crippen molar-refractivity contribution in [2.24, 2.45) is 5.92 Å². The molecule has 0 saturated carbocycles. The van der Waals surface area contributed by atoms with E-state index in [0.29, 0.717) is 22.2 Å². The molecule has 0 aliphatic heterocycles. The molecule has 0 aromatic heterocycles. The van der Waals surface area contributed by atoms with E-state index in [2.05, 4.69) is 5.32 Å². The van der Waals surface area contributed by atoms with Crippen LogP contribution in [0.4, 0.5) is 5.69 Å². The molecule has 0 fully saturated rings. The van der Waals surface area contributed by atoms with Gasteiger partial charge in [-0.05, 0) is 43.2 Å². The van der Waals surface area contributed by atoms with Gasteiger partial charge in [0, 0.05) is 33.7 Å². The van der Waals surface area contributed by atoms with Gasteiger partial charge in [-0.25, -0.2) is 8.42 Å². The number of nitrogens with zero attached hydrogens (tertiary/aromatic N) is 2. The molecule has 12 heteroatoms. The van der Waals surface area contributed by atoms with Crippen molar-refractivity contribution in [1.29, 1.82) is 0 Å². The predicted molar refractivity (Wildman–Crippen MR) is 145 cm³/mol. The minimum absolute atomic E-state index is 0.0912. The van der Waals surface area contributed by atoms with E-state index in [1.54, 1.807) is 31.2 Å². The van der Waals surface area contributed by atoms with Gasteiger partial charge in [0.05, 0.1) is 19.1 Å². The van der Waals surface area contributed by atoms with Crippen molar-refractivity contribution in [1.82, 2.24) is 10.2 Å². The number of sulfonamides is 1. The van der Waals surface area contributed by atoms with Crippen LogP contribution >= 0.6 is 34.8 Å². The molecule has 0 radical (unpaired) electrons. The Kier molecular flexibility index (Phi) is 10.7. The molecule has 0 bridgehead atoms. The predicted octanol–water partition coefficient (Wildman–Crippen LogP) is 4.61. The van der Waals surface area contributed by atoms with Crippen molar-refractivity contribution in [3.05, 3.63) is 57.0 Å². The van der Waals surface area contributed by atoms with Crippen LogP contribution in [0.1, 0.15) is 26.3 Å². The maximum Gasteiger partial charge on any atom is 0.244 e. The maximum absolute atomic E-state index is 13.6. The van der Waals surface area contributed by atoms with Gasteiger partial charge in [0.15, 0.2) is 0 Å². The normalized spacial score (nSPS) is 12.2. The highest BCUT2D eigenvalue weighted by molar-refractivity contribution is 7.92. The molecule has 1 atom stereocenters. The summed E-state index contributed by atoms with van der Waals surface area (Å²) in [5.41, 5.74) is 0.525. The van der Waals surface area contributed by atoms with Gasteiger partial charge in [0.1, 0.15) is 18.3 Å². The van der Waals surface area contributed by atoms with Crippen molar-refractivity contribution < 1.29 is 22.7 Å². The maximum atomic E-state index is 13.6. The lowest BCUT2D eigenvalue weighted by molar-refractivity contribution is -0.139.